The third-order valence-electron chi connectivity index (χ3n) is 4.63. The Hall–Kier alpha value is -1.94. The number of amides is 1. The molecule has 3 rings (SSSR count). The third kappa shape index (κ3) is 2.83. The number of pyridine rings is 1. The highest BCUT2D eigenvalue weighted by atomic mass is 16.2. The van der Waals surface area contributed by atoms with E-state index in [0.717, 1.165) is 42.5 Å². The van der Waals surface area contributed by atoms with Crippen molar-refractivity contribution in [2.45, 2.75) is 32.7 Å². The minimum atomic E-state index is 0.0844. The quantitative estimate of drug-likeness (QED) is 0.927. The lowest BCUT2D eigenvalue weighted by Gasteiger charge is -2.34. The Morgan fingerprint density at radius 2 is 2.18 bits per heavy atom. The fourth-order valence-corrected chi connectivity index (χ4v) is 3.22. The van der Waals surface area contributed by atoms with Crippen LogP contribution in [-0.4, -0.2) is 34.9 Å². The fraction of sp³-hybridized carbons (Fsp3) is 0.444. The molecule has 1 aromatic heterocycles. The van der Waals surface area contributed by atoms with Crippen molar-refractivity contribution in [1.82, 2.24) is 9.88 Å². The van der Waals surface area contributed by atoms with Crippen LogP contribution < -0.4 is 5.73 Å². The molecule has 1 aliphatic heterocycles. The van der Waals surface area contributed by atoms with Gasteiger partial charge < -0.3 is 10.6 Å². The molecule has 0 bridgehead atoms. The van der Waals surface area contributed by atoms with Crippen LogP contribution >= 0.6 is 0 Å². The number of fused-ring (bicyclic) bond motifs is 1. The number of hydrogen-bond acceptors (Lipinski definition) is 3. The monoisotopic (exact) mass is 297 g/mol. The maximum atomic E-state index is 12.9. The number of piperidine rings is 1. The molecule has 1 aliphatic rings. The molecule has 2 heterocycles. The van der Waals surface area contributed by atoms with Crippen LogP contribution in [0.1, 0.15) is 35.8 Å². The molecule has 4 heteroatoms. The van der Waals surface area contributed by atoms with E-state index in [1.54, 1.807) is 0 Å². The summed E-state index contributed by atoms with van der Waals surface area (Å²) in [5.41, 5.74) is 8.47. The standard InChI is InChI=1S/C18H23N3O/c1-12(19)15-7-5-9-21(11-15)18(22)16-10-14-6-3-4-8-17(14)20-13(16)2/h3-4,6,8,10,12,15H,5,7,9,11,19H2,1-2H3. The van der Waals surface area contributed by atoms with E-state index >= 15 is 0 Å². The average molecular weight is 297 g/mol. The van der Waals surface area contributed by atoms with Crippen molar-refractivity contribution in [3.63, 3.8) is 0 Å². The van der Waals surface area contributed by atoms with Crippen molar-refractivity contribution < 1.29 is 4.79 Å². The number of likely N-dealkylation sites (tertiary alicyclic amines) is 1. The highest BCUT2D eigenvalue weighted by Gasteiger charge is 2.27. The molecule has 1 saturated heterocycles. The molecule has 2 unspecified atom stereocenters. The predicted molar refractivity (Wildman–Crippen MR) is 88.8 cm³/mol. The maximum Gasteiger partial charge on any atom is 0.255 e. The molecule has 0 spiro atoms. The van der Waals surface area contributed by atoms with Crippen LogP contribution in [0.5, 0.6) is 0 Å². The lowest BCUT2D eigenvalue weighted by molar-refractivity contribution is 0.0660. The van der Waals surface area contributed by atoms with Crippen LogP contribution in [0.2, 0.25) is 0 Å². The Morgan fingerprint density at radius 1 is 1.41 bits per heavy atom. The number of nitrogens with zero attached hydrogens (tertiary/aromatic N) is 2. The number of hydrogen-bond donors (Lipinski definition) is 1. The first-order valence-electron chi connectivity index (χ1n) is 7.97. The summed E-state index contributed by atoms with van der Waals surface area (Å²) in [7, 11) is 0. The molecule has 0 aliphatic carbocycles. The van der Waals surface area contributed by atoms with E-state index in [0.29, 0.717) is 11.5 Å². The van der Waals surface area contributed by atoms with Gasteiger partial charge in [0.1, 0.15) is 0 Å². The van der Waals surface area contributed by atoms with E-state index in [1.807, 2.05) is 49.1 Å². The van der Waals surface area contributed by atoms with Crippen molar-refractivity contribution in [3.8, 4) is 0 Å². The van der Waals surface area contributed by atoms with E-state index in [2.05, 4.69) is 4.98 Å². The second-order valence-electron chi connectivity index (χ2n) is 6.33. The highest BCUT2D eigenvalue weighted by molar-refractivity contribution is 5.98. The summed E-state index contributed by atoms with van der Waals surface area (Å²) >= 11 is 0. The number of benzene rings is 1. The third-order valence-corrected chi connectivity index (χ3v) is 4.63. The second kappa shape index (κ2) is 6.05. The zero-order valence-electron chi connectivity index (χ0n) is 13.2. The lowest BCUT2D eigenvalue weighted by atomic mass is 9.91. The summed E-state index contributed by atoms with van der Waals surface area (Å²) < 4.78 is 0. The molecule has 4 nitrogen and oxygen atoms in total. The Bertz CT molecular complexity index is 696. The van der Waals surface area contributed by atoms with Gasteiger partial charge in [-0.05, 0) is 44.7 Å². The Balaban J connectivity index is 1.90. The molecule has 2 aromatic rings. The van der Waals surface area contributed by atoms with E-state index in [9.17, 15) is 4.79 Å². The summed E-state index contributed by atoms with van der Waals surface area (Å²) in [6.45, 7) is 5.51. The zero-order valence-corrected chi connectivity index (χ0v) is 13.2. The smallest absolute Gasteiger partial charge is 0.255 e. The number of carbonyl (C=O) groups is 1. The summed E-state index contributed by atoms with van der Waals surface area (Å²) in [6.07, 6.45) is 2.13. The number of rotatable bonds is 2. The van der Waals surface area contributed by atoms with Crippen molar-refractivity contribution in [1.29, 1.82) is 0 Å². The number of aryl methyl sites for hydroxylation is 1. The van der Waals surface area contributed by atoms with Crippen LogP contribution in [0, 0.1) is 12.8 Å². The van der Waals surface area contributed by atoms with Crippen molar-refractivity contribution in [2.75, 3.05) is 13.1 Å². The van der Waals surface area contributed by atoms with Gasteiger partial charge in [-0.1, -0.05) is 18.2 Å². The van der Waals surface area contributed by atoms with Gasteiger partial charge >= 0.3 is 0 Å². The Morgan fingerprint density at radius 3 is 2.95 bits per heavy atom. The van der Waals surface area contributed by atoms with Crippen molar-refractivity contribution in [2.24, 2.45) is 11.7 Å². The summed E-state index contributed by atoms with van der Waals surface area (Å²) in [5.74, 6) is 0.479. The number of para-hydroxylation sites is 1. The first kappa shape index (κ1) is 15.0. The molecule has 116 valence electrons. The lowest BCUT2D eigenvalue weighted by Crippen LogP contribution is -2.45. The molecule has 1 amide bonds. The summed E-state index contributed by atoms with van der Waals surface area (Å²) in [6, 6.07) is 10.0. The maximum absolute atomic E-state index is 12.9. The van der Waals surface area contributed by atoms with Crippen LogP contribution in [0.3, 0.4) is 0 Å². The number of carbonyl (C=O) groups excluding carboxylic acids is 1. The Labute approximate surface area is 131 Å². The molecule has 2 atom stereocenters. The molecule has 2 N–H and O–H groups in total. The van der Waals surface area contributed by atoms with Gasteiger partial charge in [-0.2, -0.15) is 0 Å². The number of aromatic nitrogens is 1. The van der Waals surface area contributed by atoms with Crippen LogP contribution in [-0.2, 0) is 0 Å². The van der Waals surface area contributed by atoms with Gasteiger partial charge in [0.05, 0.1) is 16.8 Å². The molecule has 1 aromatic carbocycles. The van der Waals surface area contributed by atoms with Gasteiger partial charge in [0, 0.05) is 24.5 Å². The number of nitrogens with two attached hydrogens (primary N) is 1. The predicted octanol–water partition coefficient (Wildman–Crippen LogP) is 2.74. The van der Waals surface area contributed by atoms with Crippen molar-refractivity contribution in [3.05, 3.63) is 41.6 Å². The molecule has 1 fully saturated rings. The molecule has 0 radical (unpaired) electrons. The summed E-state index contributed by atoms with van der Waals surface area (Å²) in [4.78, 5) is 19.4. The fourth-order valence-electron chi connectivity index (χ4n) is 3.22. The van der Waals surface area contributed by atoms with Gasteiger partial charge in [0.15, 0.2) is 0 Å². The average Bonchev–Trinajstić information content (AvgIpc) is 2.53. The van der Waals surface area contributed by atoms with Gasteiger partial charge in [-0.15, -0.1) is 0 Å². The Kier molecular flexibility index (Phi) is 4.12. The van der Waals surface area contributed by atoms with E-state index < -0.39 is 0 Å². The van der Waals surface area contributed by atoms with Gasteiger partial charge in [-0.3, -0.25) is 9.78 Å². The van der Waals surface area contributed by atoms with E-state index in [1.165, 1.54) is 0 Å². The molecule has 0 saturated carbocycles. The van der Waals surface area contributed by atoms with Crippen LogP contribution in [0.4, 0.5) is 0 Å². The van der Waals surface area contributed by atoms with Crippen LogP contribution in [0.25, 0.3) is 10.9 Å². The SMILES string of the molecule is Cc1nc2ccccc2cc1C(=O)N1CCCC(C(C)N)C1. The van der Waals surface area contributed by atoms with Gasteiger partial charge in [0.25, 0.3) is 5.91 Å². The second-order valence-corrected chi connectivity index (χ2v) is 6.33. The molecule has 22 heavy (non-hydrogen) atoms. The minimum absolute atomic E-state index is 0.0844. The summed E-state index contributed by atoms with van der Waals surface area (Å²) in [5, 5.41) is 1.01. The topological polar surface area (TPSA) is 59.2 Å². The van der Waals surface area contributed by atoms with E-state index in [4.69, 9.17) is 5.73 Å². The zero-order chi connectivity index (χ0) is 15.7. The van der Waals surface area contributed by atoms with Crippen LogP contribution in [0.15, 0.2) is 30.3 Å². The normalized spacial score (nSPS) is 20.1. The largest absolute Gasteiger partial charge is 0.338 e. The first-order chi connectivity index (χ1) is 10.6. The van der Waals surface area contributed by atoms with Gasteiger partial charge in [-0.25, -0.2) is 0 Å². The first-order valence-corrected chi connectivity index (χ1v) is 7.97. The molecular weight excluding hydrogens is 274 g/mol. The van der Waals surface area contributed by atoms with Crippen molar-refractivity contribution >= 4 is 16.8 Å². The minimum Gasteiger partial charge on any atom is -0.338 e. The highest BCUT2D eigenvalue weighted by Crippen LogP contribution is 2.23. The van der Waals surface area contributed by atoms with E-state index in [-0.39, 0.29) is 11.9 Å². The molecular formula is C18H23N3O. The van der Waals surface area contributed by atoms with Gasteiger partial charge in [0.2, 0.25) is 0 Å².